The van der Waals surface area contributed by atoms with E-state index >= 15 is 0 Å². The Morgan fingerprint density at radius 2 is 1.68 bits per heavy atom. The van der Waals surface area contributed by atoms with Crippen molar-refractivity contribution >= 4 is 6.41 Å². The maximum absolute atomic E-state index is 10.5. The fourth-order valence-corrected chi connectivity index (χ4v) is 2.12. The Kier molecular flexibility index (Phi) is 4.56. The van der Waals surface area contributed by atoms with Gasteiger partial charge < -0.3 is 10.1 Å². The second kappa shape index (κ2) is 6.59. The average Bonchev–Trinajstić information content (AvgIpc) is 2.49. The van der Waals surface area contributed by atoms with Gasteiger partial charge in [-0.3, -0.25) is 4.79 Å². The molecule has 2 rings (SSSR count). The van der Waals surface area contributed by atoms with Crippen LogP contribution in [0.5, 0.6) is 5.75 Å². The predicted molar refractivity (Wildman–Crippen MR) is 75.3 cm³/mol. The second-order valence-corrected chi connectivity index (χ2v) is 4.26. The van der Waals surface area contributed by atoms with Gasteiger partial charge in [0.25, 0.3) is 0 Å². The Morgan fingerprint density at radius 1 is 1.05 bits per heavy atom. The SMILES string of the molecule is COc1ccc(C(CNC=O)c2ccccc2)cc1. The highest BCUT2D eigenvalue weighted by Gasteiger charge is 2.13. The van der Waals surface area contributed by atoms with E-state index in [9.17, 15) is 4.79 Å². The Hall–Kier alpha value is -2.29. The lowest BCUT2D eigenvalue weighted by Gasteiger charge is -2.17. The maximum Gasteiger partial charge on any atom is 0.207 e. The van der Waals surface area contributed by atoms with Gasteiger partial charge in [-0.1, -0.05) is 42.5 Å². The molecule has 3 heteroatoms. The summed E-state index contributed by atoms with van der Waals surface area (Å²) in [6.07, 6.45) is 0.736. The lowest BCUT2D eigenvalue weighted by atomic mass is 9.91. The molecule has 1 atom stereocenters. The van der Waals surface area contributed by atoms with Crippen molar-refractivity contribution in [2.75, 3.05) is 13.7 Å². The quantitative estimate of drug-likeness (QED) is 0.806. The molecular weight excluding hydrogens is 238 g/mol. The fraction of sp³-hybridized carbons (Fsp3) is 0.188. The molecule has 0 aromatic heterocycles. The summed E-state index contributed by atoms with van der Waals surface area (Å²) in [5.74, 6) is 0.983. The third-order valence-corrected chi connectivity index (χ3v) is 3.13. The van der Waals surface area contributed by atoms with Crippen LogP contribution in [0.3, 0.4) is 0 Å². The Balaban J connectivity index is 2.28. The minimum absolute atomic E-state index is 0.150. The molecule has 0 fully saturated rings. The molecule has 1 amide bonds. The standard InChI is InChI=1S/C16H17NO2/c1-19-15-9-7-14(8-10-15)16(11-17-12-18)13-5-3-2-4-6-13/h2-10,12,16H,11H2,1H3,(H,17,18). The number of benzene rings is 2. The molecule has 3 nitrogen and oxygen atoms in total. The van der Waals surface area contributed by atoms with Crippen LogP contribution in [0.2, 0.25) is 0 Å². The summed E-state index contributed by atoms with van der Waals surface area (Å²) < 4.78 is 5.16. The molecule has 1 unspecified atom stereocenters. The van der Waals surface area contributed by atoms with E-state index < -0.39 is 0 Å². The molecule has 2 aromatic carbocycles. The molecule has 98 valence electrons. The van der Waals surface area contributed by atoms with E-state index in [4.69, 9.17) is 4.74 Å². The van der Waals surface area contributed by atoms with E-state index in [1.807, 2.05) is 42.5 Å². The van der Waals surface area contributed by atoms with Crippen LogP contribution in [0.4, 0.5) is 0 Å². The van der Waals surface area contributed by atoms with Crippen molar-refractivity contribution in [3.8, 4) is 5.75 Å². The Bertz CT molecular complexity index is 508. The van der Waals surface area contributed by atoms with Crippen LogP contribution in [-0.2, 0) is 4.79 Å². The van der Waals surface area contributed by atoms with Crippen LogP contribution in [0.25, 0.3) is 0 Å². The molecule has 0 saturated heterocycles. The zero-order valence-electron chi connectivity index (χ0n) is 10.9. The predicted octanol–water partition coefficient (Wildman–Crippen LogP) is 2.57. The van der Waals surface area contributed by atoms with Gasteiger partial charge in [0.1, 0.15) is 5.75 Å². The lowest BCUT2D eigenvalue weighted by molar-refractivity contribution is -0.109. The van der Waals surface area contributed by atoms with Gasteiger partial charge in [0, 0.05) is 12.5 Å². The number of hydrogen-bond acceptors (Lipinski definition) is 2. The third-order valence-electron chi connectivity index (χ3n) is 3.13. The van der Waals surface area contributed by atoms with Gasteiger partial charge in [-0.2, -0.15) is 0 Å². The molecule has 0 bridgehead atoms. The van der Waals surface area contributed by atoms with E-state index in [2.05, 4.69) is 17.4 Å². The van der Waals surface area contributed by atoms with Crippen molar-refractivity contribution in [1.29, 1.82) is 0 Å². The molecule has 0 spiro atoms. The van der Waals surface area contributed by atoms with E-state index in [0.717, 1.165) is 17.7 Å². The van der Waals surface area contributed by atoms with Crippen LogP contribution < -0.4 is 10.1 Å². The maximum atomic E-state index is 10.5. The molecular formula is C16H17NO2. The van der Waals surface area contributed by atoms with E-state index in [1.165, 1.54) is 5.56 Å². The normalized spacial score (nSPS) is 11.6. The van der Waals surface area contributed by atoms with Crippen LogP contribution in [0.1, 0.15) is 17.0 Å². The molecule has 0 aliphatic heterocycles. The molecule has 0 saturated carbocycles. The highest BCUT2D eigenvalue weighted by atomic mass is 16.5. The molecule has 0 heterocycles. The zero-order valence-corrected chi connectivity index (χ0v) is 10.9. The first-order valence-corrected chi connectivity index (χ1v) is 6.21. The first-order chi connectivity index (χ1) is 9.35. The second-order valence-electron chi connectivity index (χ2n) is 4.26. The van der Waals surface area contributed by atoms with Gasteiger partial charge in [0.2, 0.25) is 6.41 Å². The highest BCUT2D eigenvalue weighted by Crippen LogP contribution is 2.25. The van der Waals surface area contributed by atoms with Crippen LogP contribution in [0.15, 0.2) is 54.6 Å². The largest absolute Gasteiger partial charge is 0.497 e. The molecule has 1 N–H and O–H groups in total. The first-order valence-electron chi connectivity index (χ1n) is 6.21. The fourth-order valence-electron chi connectivity index (χ4n) is 2.12. The summed E-state index contributed by atoms with van der Waals surface area (Å²) in [4.78, 5) is 10.5. The van der Waals surface area contributed by atoms with Gasteiger partial charge >= 0.3 is 0 Å². The number of ether oxygens (including phenoxy) is 1. The summed E-state index contributed by atoms with van der Waals surface area (Å²) in [7, 11) is 1.65. The monoisotopic (exact) mass is 255 g/mol. The van der Waals surface area contributed by atoms with Crippen LogP contribution >= 0.6 is 0 Å². The van der Waals surface area contributed by atoms with Crippen molar-refractivity contribution in [3.63, 3.8) is 0 Å². The zero-order chi connectivity index (χ0) is 13.5. The van der Waals surface area contributed by atoms with Gasteiger partial charge in [-0.05, 0) is 23.3 Å². The average molecular weight is 255 g/mol. The van der Waals surface area contributed by atoms with Gasteiger partial charge in [-0.25, -0.2) is 0 Å². The molecule has 0 radical (unpaired) electrons. The number of carbonyl (C=O) groups is 1. The number of rotatable bonds is 6. The van der Waals surface area contributed by atoms with Crippen molar-refractivity contribution in [3.05, 3.63) is 65.7 Å². The minimum atomic E-state index is 0.150. The summed E-state index contributed by atoms with van der Waals surface area (Å²) in [6, 6.07) is 18.1. The third kappa shape index (κ3) is 3.35. The number of carbonyl (C=O) groups excluding carboxylic acids is 1. The first kappa shape index (κ1) is 13.1. The summed E-state index contributed by atoms with van der Waals surface area (Å²) in [6.45, 7) is 0.583. The lowest BCUT2D eigenvalue weighted by Crippen LogP contribution is -2.20. The molecule has 19 heavy (non-hydrogen) atoms. The van der Waals surface area contributed by atoms with E-state index in [-0.39, 0.29) is 5.92 Å². The van der Waals surface area contributed by atoms with Crippen molar-refractivity contribution in [2.24, 2.45) is 0 Å². The Labute approximate surface area is 113 Å². The Morgan fingerprint density at radius 3 is 2.26 bits per heavy atom. The summed E-state index contributed by atoms with van der Waals surface area (Å²) >= 11 is 0. The molecule has 0 aliphatic carbocycles. The smallest absolute Gasteiger partial charge is 0.207 e. The van der Waals surface area contributed by atoms with Crippen LogP contribution in [0, 0.1) is 0 Å². The summed E-state index contributed by atoms with van der Waals surface area (Å²) in [5, 5.41) is 2.76. The van der Waals surface area contributed by atoms with E-state index in [0.29, 0.717) is 6.54 Å². The topological polar surface area (TPSA) is 38.3 Å². The number of nitrogens with one attached hydrogen (secondary N) is 1. The number of hydrogen-bond donors (Lipinski definition) is 1. The van der Waals surface area contributed by atoms with Gasteiger partial charge in [0.05, 0.1) is 7.11 Å². The van der Waals surface area contributed by atoms with E-state index in [1.54, 1.807) is 7.11 Å². The number of amides is 1. The minimum Gasteiger partial charge on any atom is -0.497 e. The van der Waals surface area contributed by atoms with Crippen LogP contribution in [-0.4, -0.2) is 20.1 Å². The van der Waals surface area contributed by atoms with Gasteiger partial charge in [0.15, 0.2) is 0 Å². The van der Waals surface area contributed by atoms with Crippen molar-refractivity contribution < 1.29 is 9.53 Å². The van der Waals surface area contributed by atoms with Crippen molar-refractivity contribution in [2.45, 2.75) is 5.92 Å². The highest BCUT2D eigenvalue weighted by molar-refractivity contribution is 5.47. The molecule has 2 aromatic rings. The molecule has 0 aliphatic rings. The van der Waals surface area contributed by atoms with Gasteiger partial charge in [-0.15, -0.1) is 0 Å². The summed E-state index contributed by atoms with van der Waals surface area (Å²) in [5.41, 5.74) is 2.34. The number of methoxy groups -OCH3 is 1. The van der Waals surface area contributed by atoms with Crippen molar-refractivity contribution in [1.82, 2.24) is 5.32 Å².